The molecule has 1 aliphatic heterocycles. The van der Waals surface area contributed by atoms with Gasteiger partial charge in [-0.25, -0.2) is 0 Å². The highest BCUT2D eigenvalue weighted by Gasteiger charge is 2.31. The number of carbonyl (C=O) groups excluding carboxylic acids is 2. The number of hydrogen-bond acceptors (Lipinski definition) is 7. The summed E-state index contributed by atoms with van der Waals surface area (Å²) in [5.74, 6) is 1.78. The molecule has 0 unspecified atom stereocenters. The number of amides is 2. The molecule has 0 saturated carbocycles. The van der Waals surface area contributed by atoms with Crippen molar-refractivity contribution in [2.75, 3.05) is 45.2 Å². The molecule has 8 nitrogen and oxygen atoms in total. The monoisotopic (exact) mass is 508 g/mol. The van der Waals surface area contributed by atoms with Crippen LogP contribution in [0.15, 0.2) is 65.6 Å². The van der Waals surface area contributed by atoms with Gasteiger partial charge in [0.2, 0.25) is 17.6 Å². The lowest BCUT2D eigenvalue weighted by atomic mass is 10.1. The molecule has 0 saturated heterocycles. The molecule has 1 aliphatic rings. The van der Waals surface area contributed by atoms with Crippen LogP contribution in [-0.4, -0.2) is 46.8 Å². The largest absolute Gasteiger partial charge is 0.497 e. The molecule has 0 aliphatic carbocycles. The molecule has 1 N–H and O–H groups in total. The topological polar surface area (TPSA) is 86.3 Å². The number of methoxy groups -OCH3 is 4. The number of para-hydroxylation sites is 1. The van der Waals surface area contributed by atoms with Crippen molar-refractivity contribution in [1.29, 1.82) is 0 Å². The smallest absolute Gasteiger partial charge is 0.244 e. The average Bonchev–Trinajstić information content (AvgIpc) is 3.04. The summed E-state index contributed by atoms with van der Waals surface area (Å²) in [7, 11) is 6.25. The van der Waals surface area contributed by atoms with Crippen LogP contribution in [0.2, 0.25) is 0 Å². The molecule has 3 aromatic rings. The van der Waals surface area contributed by atoms with Crippen LogP contribution in [-0.2, 0) is 9.59 Å². The van der Waals surface area contributed by atoms with Crippen LogP contribution in [0.5, 0.6) is 23.0 Å². The molecule has 1 atom stereocenters. The number of rotatable bonds is 8. The van der Waals surface area contributed by atoms with E-state index in [1.54, 1.807) is 69.4 Å². The van der Waals surface area contributed by atoms with Crippen LogP contribution >= 0.6 is 11.8 Å². The highest BCUT2D eigenvalue weighted by Crippen LogP contribution is 2.49. The molecule has 0 spiro atoms. The van der Waals surface area contributed by atoms with E-state index in [1.165, 1.54) is 0 Å². The highest BCUT2D eigenvalue weighted by atomic mass is 32.2. The fourth-order valence-electron chi connectivity index (χ4n) is 4.04. The van der Waals surface area contributed by atoms with Crippen molar-refractivity contribution in [3.8, 4) is 23.0 Å². The number of nitrogens with one attached hydrogen (secondary N) is 1. The van der Waals surface area contributed by atoms with Gasteiger partial charge in [-0.15, -0.1) is 11.8 Å². The van der Waals surface area contributed by atoms with E-state index in [1.807, 2.05) is 36.4 Å². The van der Waals surface area contributed by atoms with Crippen molar-refractivity contribution in [2.24, 2.45) is 0 Å². The van der Waals surface area contributed by atoms with Gasteiger partial charge in [0.05, 0.1) is 34.1 Å². The fraction of sp³-hybridized carbons (Fsp3) is 0.259. The van der Waals surface area contributed by atoms with Gasteiger partial charge in [-0.05, 0) is 54.1 Å². The van der Waals surface area contributed by atoms with Crippen LogP contribution in [0.1, 0.15) is 17.2 Å². The maximum atomic E-state index is 13.5. The molecule has 0 fully saturated rings. The van der Waals surface area contributed by atoms with E-state index in [0.29, 0.717) is 34.4 Å². The van der Waals surface area contributed by atoms with Gasteiger partial charge in [-0.3, -0.25) is 9.59 Å². The van der Waals surface area contributed by atoms with Crippen molar-refractivity contribution in [2.45, 2.75) is 16.6 Å². The van der Waals surface area contributed by atoms with Gasteiger partial charge in [0.25, 0.3) is 0 Å². The van der Waals surface area contributed by atoms with E-state index in [4.69, 9.17) is 18.9 Å². The van der Waals surface area contributed by atoms with Crippen LogP contribution in [0.3, 0.4) is 0 Å². The van der Waals surface area contributed by atoms with E-state index in [2.05, 4.69) is 5.32 Å². The number of nitrogens with zero attached hydrogens (tertiary/aromatic N) is 1. The van der Waals surface area contributed by atoms with Gasteiger partial charge in [-0.2, -0.15) is 0 Å². The number of thioether (sulfide) groups is 1. The maximum absolute atomic E-state index is 13.5. The molecular formula is C27H28N2O6S. The van der Waals surface area contributed by atoms with Gasteiger partial charge in [-0.1, -0.05) is 12.1 Å². The molecule has 3 aromatic carbocycles. The normalized spacial score (nSPS) is 14.9. The molecule has 0 aromatic heterocycles. The number of fused-ring (bicyclic) bond motifs is 1. The zero-order chi connectivity index (χ0) is 25.7. The predicted molar refractivity (Wildman–Crippen MR) is 140 cm³/mol. The quantitative estimate of drug-likeness (QED) is 0.462. The maximum Gasteiger partial charge on any atom is 0.244 e. The van der Waals surface area contributed by atoms with Gasteiger partial charge >= 0.3 is 0 Å². The highest BCUT2D eigenvalue weighted by molar-refractivity contribution is 7.99. The zero-order valence-corrected chi connectivity index (χ0v) is 21.4. The van der Waals surface area contributed by atoms with Gasteiger partial charge < -0.3 is 29.2 Å². The molecule has 2 amide bonds. The first-order valence-electron chi connectivity index (χ1n) is 11.3. The molecule has 1 heterocycles. The van der Waals surface area contributed by atoms with Crippen molar-refractivity contribution in [3.05, 3.63) is 66.2 Å². The average molecular weight is 509 g/mol. The minimum Gasteiger partial charge on any atom is -0.497 e. The summed E-state index contributed by atoms with van der Waals surface area (Å²) in [6, 6.07) is 18.4. The van der Waals surface area contributed by atoms with E-state index in [9.17, 15) is 9.59 Å². The number of benzene rings is 3. The van der Waals surface area contributed by atoms with Crippen LogP contribution < -0.4 is 29.2 Å². The first-order chi connectivity index (χ1) is 17.5. The van der Waals surface area contributed by atoms with Crippen LogP contribution in [0.4, 0.5) is 11.4 Å². The minimum absolute atomic E-state index is 0.107. The number of carbonyl (C=O) groups is 2. The summed E-state index contributed by atoms with van der Waals surface area (Å²) in [6.07, 6.45) is 0.188. The van der Waals surface area contributed by atoms with E-state index in [-0.39, 0.29) is 30.0 Å². The lowest BCUT2D eigenvalue weighted by molar-refractivity contribution is -0.121. The molecule has 188 valence electrons. The van der Waals surface area contributed by atoms with Gasteiger partial charge in [0, 0.05) is 22.3 Å². The summed E-state index contributed by atoms with van der Waals surface area (Å²) in [5.41, 5.74) is 2.19. The molecule has 0 radical (unpaired) electrons. The molecule has 9 heteroatoms. The fourth-order valence-corrected chi connectivity index (χ4v) is 5.30. The molecular weight excluding hydrogens is 480 g/mol. The number of anilines is 2. The third-order valence-electron chi connectivity index (χ3n) is 5.82. The zero-order valence-electron chi connectivity index (χ0n) is 20.6. The Kier molecular flexibility index (Phi) is 7.90. The van der Waals surface area contributed by atoms with Crippen molar-refractivity contribution in [1.82, 2.24) is 0 Å². The summed E-state index contributed by atoms with van der Waals surface area (Å²) in [4.78, 5) is 28.8. The third-order valence-corrected chi connectivity index (χ3v) is 7.14. The first kappa shape index (κ1) is 25.2. The minimum atomic E-state index is -0.292. The summed E-state index contributed by atoms with van der Waals surface area (Å²) < 4.78 is 21.6. The summed E-state index contributed by atoms with van der Waals surface area (Å²) in [6.45, 7) is -0.107. The van der Waals surface area contributed by atoms with Crippen molar-refractivity contribution in [3.63, 3.8) is 0 Å². The van der Waals surface area contributed by atoms with Crippen LogP contribution in [0.25, 0.3) is 0 Å². The second-order valence-electron chi connectivity index (χ2n) is 7.99. The van der Waals surface area contributed by atoms with Gasteiger partial charge in [0.15, 0.2) is 11.5 Å². The van der Waals surface area contributed by atoms with E-state index >= 15 is 0 Å². The molecule has 0 bridgehead atoms. The number of ether oxygens (including phenoxy) is 4. The van der Waals surface area contributed by atoms with Crippen LogP contribution in [0, 0.1) is 0 Å². The SMILES string of the molecule is COc1ccc(NC(=O)CN2C(=O)C[C@@H](c3cc(OC)c(OC)c(OC)c3)Sc3ccccc32)cc1. The Bertz CT molecular complexity index is 1220. The Morgan fingerprint density at radius 2 is 1.61 bits per heavy atom. The van der Waals surface area contributed by atoms with Gasteiger partial charge in [0.1, 0.15) is 12.3 Å². The van der Waals surface area contributed by atoms with Crippen molar-refractivity contribution >= 4 is 35.0 Å². The van der Waals surface area contributed by atoms with E-state index in [0.717, 1.165) is 10.5 Å². The Morgan fingerprint density at radius 3 is 2.22 bits per heavy atom. The third kappa shape index (κ3) is 5.36. The lowest BCUT2D eigenvalue weighted by Gasteiger charge is -2.22. The molecule has 36 heavy (non-hydrogen) atoms. The second-order valence-corrected chi connectivity index (χ2v) is 9.24. The number of hydrogen-bond donors (Lipinski definition) is 1. The lowest BCUT2D eigenvalue weighted by Crippen LogP contribution is -2.38. The summed E-state index contributed by atoms with van der Waals surface area (Å²) in [5, 5.41) is 2.64. The first-order valence-corrected chi connectivity index (χ1v) is 12.1. The Morgan fingerprint density at radius 1 is 0.944 bits per heavy atom. The molecule has 4 rings (SSSR count). The van der Waals surface area contributed by atoms with E-state index < -0.39 is 0 Å². The second kappa shape index (κ2) is 11.3. The van der Waals surface area contributed by atoms with Crippen molar-refractivity contribution < 1.29 is 28.5 Å². The predicted octanol–water partition coefficient (Wildman–Crippen LogP) is 4.93. The Balaban J connectivity index is 1.61. The standard InChI is InChI=1S/C27H28N2O6S/c1-32-19-11-9-18(10-12-19)28-25(30)16-29-20-7-5-6-8-23(20)36-24(15-26(29)31)17-13-21(33-2)27(35-4)22(14-17)34-3/h5-14,24H,15-16H2,1-4H3,(H,28,30)/t24-/m0/s1. The Hall–Kier alpha value is -3.85. The summed E-state index contributed by atoms with van der Waals surface area (Å²) >= 11 is 1.57. The Labute approximate surface area is 214 Å².